The second-order valence-electron chi connectivity index (χ2n) is 7.79. The van der Waals surface area contributed by atoms with Gasteiger partial charge in [-0.15, -0.1) is 5.10 Å². The first-order chi connectivity index (χ1) is 13.7. The number of carbonyl (C=O) groups is 2. The van der Waals surface area contributed by atoms with Crippen LogP contribution < -0.4 is 5.32 Å². The quantitative estimate of drug-likeness (QED) is 0.883. The molecule has 1 saturated carbocycles. The third-order valence-corrected chi connectivity index (χ3v) is 5.84. The van der Waals surface area contributed by atoms with E-state index in [1.54, 1.807) is 10.9 Å². The van der Waals surface area contributed by atoms with Crippen LogP contribution in [0, 0.1) is 5.92 Å². The summed E-state index contributed by atoms with van der Waals surface area (Å²) in [6.45, 7) is 1.26. The topological polar surface area (TPSA) is 80.1 Å². The summed E-state index contributed by atoms with van der Waals surface area (Å²) in [6, 6.07) is 9.78. The van der Waals surface area contributed by atoms with Crippen molar-refractivity contribution < 1.29 is 9.59 Å². The van der Waals surface area contributed by atoms with Crippen LogP contribution in [0.3, 0.4) is 0 Å². The molecule has 1 aliphatic carbocycles. The molecule has 28 heavy (non-hydrogen) atoms. The predicted octanol–water partition coefficient (Wildman–Crippen LogP) is 2.57. The predicted molar refractivity (Wildman–Crippen MR) is 105 cm³/mol. The molecule has 0 spiro atoms. The molecule has 0 atom stereocenters. The highest BCUT2D eigenvalue weighted by atomic mass is 16.2. The molecule has 1 aromatic carbocycles. The smallest absolute Gasteiger partial charge is 0.276 e. The molecule has 2 amide bonds. The Morgan fingerprint density at radius 3 is 2.39 bits per heavy atom. The van der Waals surface area contributed by atoms with Crippen molar-refractivity contribution in [1.82, 2.24) is 25.2 Å². The number of hydrogen-bond acceptors (Lipinski definition) is 4. The summed E-state index contributed by atoms with van der Waals surface area (Å²) in [4.78, 5) is 27.0. The van der Waals surface area contributed by atoms with Crippen molar-refractivity contribution in [2.24, 2.45) is 5.92 Å². The number of hydrogen-bond donors (Lipinski definition) is 1. The minimum atomic E-state index is -0.0979. The third kappa shape index (κ3) is 4.24. The zero-order valence-electron chi connectivity index (χ0n) is 16.1. The fourth-order valence-corrected chi connectivity index (χ4v) is 4.14. The Kier molecular flexibility index (Phi) is 5.69. The van der Waals surface area contributed by atoms with Crippen LogP contribution in [0.1, 0.15) is 55.4 Å². The van der Waals surface area contributed by atoms with Gasteiger partial charge in [0.2, 0.25) is 5.91 Å². The number of para-hydroxylation sites is 1. The number of carbonyl (C=O) groups excluding carboxylic acids is 2. The van der Waals surface area contributed by atoms with Crippen LogP contribution in [-0.4, -0.2) is 50.8 Å². The number of benzene rings is 1. The third-order valence-electron chi connectivity index (χ3n) is 5.84. The molecule has 0 radical (unpaired) electrons. The number of likely N-dealkylation sites (tertiary alicyclic amines) is 1. The van der Waals surface area contributed by atoms with Gasteiger partial charge in [0, 0.05) is 25.0 Å². The van der Waals surface area contributed by atoms with Crippen LogP contribution in [0.15, 0.2) is 36.5 Å². The zero-order chi connectivity index (χ0) is 19.3. The molecule has 148 valence electrons. The van der Waals surface area contributed by atoms with E-state index >= 15 is 0 Å². The van der Waals surface area contributed by atoms with Crippen LogP contribution in [0.25, 0.3) is 5.69 Å². The second-order valence-corrected chi connectivity index (χ2v) is 7.79. The van der Waals surface area contributed by atoms with Crippen molar-refractivity contribution in [2.45, 2.75) is 51.0 Å². The summed E-state index contributed by atoms with van der Waals surface area (Å²) in [6.07, 6.45) is 8.85. The second kappa shape index (κ2) is 8.54. The van der Waals surface area contributed by atoms with Crippen LogP contribution in [-0.2, 0) is 4.79 Å². The Bertz CT molecular complexity index is 805. The Hall–Kier alpha value is -2.70. The molecule has 1 saturated heterocycles. The molecule has 4 rings (SSSR count). The molecule has 7 nitrogen and oxygen atoms in total. The van der Waals surface area contributed by atoms with E-state index in [1.807, 2.05) is 35.2 Å². The zero-order valence-corrected chi connectivity index (χ0v) is 16.1. The Balaban J connectivity index is 1.29. The number of nitrogens with one attached hydrogen (secondary N) is 1. The van der Waals surface area contributed by atoms with Crippen molar-refractivity contribution >= 4 is 11.8 Å². The summed E-state index contributed by atoms with van der Waals surface area (Å²) in [5.41, 5.74) is 1.23. The Labute approximate surface area is 165 Å². The van der Waals surface area contributed by atoms with Gasteiger partial charge in [-0.2, -0.15) is 0 Å². The molecular weight excluding hydrogens is 354 g/mol. The first-order valence-electron chi connectivity index (χ1n) is 10.3. The van der Waals surface area contributed by atoms with Gasteiger partial charge in [0.25, 0.3) is 5.91 Å². The maximum atomic E-state index is 12.7. The fraction of sp³-hybridized carbons (Fsp3) is 0.524. The lowest BCUT2D eigenvalue weighted by atomic mass is 9.88. The van der Waals surface area contributed by atoms with Gasteiger partial charge in [0.1, 0.15) is 0 Å². The molecule has 2 aliphatic rings. The van der Waals surface area contributed by atoms with Crippen LogP contribution in [0.4, 0.5) is 0 Å². The molecule has 1 aromatic heterocycles. The van der Waals surface area contributed by atoms with E-state index in [-0.39, 0.29) is 23.8 Å². The molecule has 0 bridgehead atoms. The maximum absolute atomic E-state index is 12.7. The van der Waals surface area contributed by atoms with Crippen molar-refractivity contribution in [3.05, 3.63) is 42.2 Å². The van der Waals surface area contributed by atoms with E-state index in [1.165, 1.54) is 6.42 Å². The van der Waals surface area contributed by atoms with Crippen LogP contribution >= 0.6 is 0 Å². The van der Waals surface area contributed by atoms with E-state index in [4.69, 9.17) is 0 Å². The largest absolute Gasteiger partial charge is 0.353 e. The monoisotopic (exact) mass is 381 g/mol. The van der Waals surface area contributed by atoms with E-state index < -0.39 is 0 Å². The van der Waals surface area contributed by atoms with Gasteiger partial charge < -0.3 is 10.2 Å². The van der Waals surface area contributed by atoms with E-state index in [2.05, 4.69) is 15.6 Å². The lowest BCUT2D eigenvalue weighted by Crippen LogP contribution is -2.48. The highest BCUT2D eigenvalue weighted by Crippen LogP contribution is 2.24. The van der Waals surface area contributed by atoms with Gasteiger partial charge in [-0.05, 0) is 37.8 Å². The van der Waals surface area contributed by atoms with Gasteiger partial charge in [0.05, 0.1) is 11.9 Å². The van der Waals surface area contributed by atoms with Crippen molar-refractivity contribution in [3.63, 3.8) is 0 Å². The first kappa shape index (κ1) is 18.7. The lowest BCUT2D eigenvalue weighted by Gasteiger charge is -2.33. The summed E-state index contributed by atoms with van der Waals surface area (Å²) in [7, 11) is 0. The molecule has 1 N–H and O–H groups in total. The minimum Gasteiger partial charge on any atom is -0.353 e. The number of nitrogens with zero attached hydrogens (tertiary/aromatic N) is 4. The van der Waals surface area contributed by atoms with Crippen LogP contribution in [0.5, 0.6) is 0 Å². The molecular formula is C21H27N5O2. The number of rotatable bonds is 4. The molecule has 0 unspecified atom stereocenters. The lowest BCUT2D eigenvalue weighted by molar-refractivity contribution is -0.126. The normalized spacial score (nSPS) is 18.8. The van der Waals surface area contributed by atoms with Crippen molar-refractivity contribution in [2.75, 3.05) is 13.1 Å². The summed E-state index contributed by atoms with van der Waals surface area (Å²) in [5, 5.41) is 11.3. The van der Waals surface area contributed by atoms with E-state index in [9.17, 15) is 9.59 Å². The molecule has 7 heteroatoms. The Morgan fingerprint density at radius 2 is 1.68 bits per heavy atom. The minimum absolute atomic E-state index is 0.0979. The molecule has 2 fully saturated rings. The molecule has 1 aliphatic heterocycles. The number of aromatic nitrogens is 3. The highest BCUT2D eigenvalue weighted by molar-refractivity contribution is 5.92. The van der Waals surface area contributed by atoms with Gasteiger partial charge in [-0.3, -0.25) is 9.59 Å². The molecule has 2 aromatic rings. The van der Waals surface area contributed by atoms with E-state index in [0.717, 1.165) is 44.2 Å². The van der Waals surface area contributed by atoms with Crippen LogP contribution in [0.2, 0.25) is 0 Å². The van der Waals surface area contributed by atoms with Gasteiger partial charge in [0.15, 0.2) is 5.69 Å². The standard InChI is InChI=1S/C21H27N5O2/c27-20(16-7-3-1-4-8-16)22-17-11-13-25(14-12-17)21(28)19-15-26(24-23-19)18-9-5-2-6-10-18/h2,5-6,9-10,15-17H,1,3-4,7-8,11-14H2,(H,22,27). The number of piperidine rings is 1. The first-order valence-corrected chi connectivity index (χ1v) is 10.3. The maximum Gasteiger partial charge on any atom is 0.276 e. The fourth-order valence-electron chi connectivity index (χ4n) is 4.14. The highest BCUT2D eigenvalue weighted by Gasteiger charge is 2.28. The summed E-state index contributed by atoms with van der Waals surface area (Å²) < 4.78 is 1.62. The number of amides is 2. The summed E-state index contributed by atoms with van der Waals surface area (Å²) in [5.74, 6) is 0.288. The van der Waals surface area contributed by atoms with E-state index in [0.29, 0.717) is 18.8 Å². The van der Waals surface area contributed by atoms with Crippen molar-refractivity contribution in [1.29, 1.82) is 0 Å². The SMILES string of the molecule is O=C(NC1CCN(C(=O)c2cn(-c3ccccc3)nn2)CC1)C1CCCCC1. The average molecular weight is 381 g/mol. The van der Waals surface area contributed by atoms with Gasteiger partial charge >= 0.3 is 0 Å². The summed E-state index contributed by atoms with van der Waals surface area (Å²) >= 11 is 0. The molecule has 2 heterocycles. The van der Waals surface area contributed by atoms with Crippen molar-refractivity contribution in [3.8, 4) is 5.69 Å². The van der Waals surface area contributed by atoms with Gasteiger partial charge in [-0.1, -0.05) is 42.7 Å². The average Bonchev–Trinajstić information content (AvgIpc) is 3.25. The van der Waals surface area contributed by atoms with Gasteiger partial charge in [-0.25, -0.2) is 4.68 Å². The Morgan fingerprint density at radius 1 is 0.964 bits per heavy atom.